The SMILES string of the molecule is C/C=C(\SCc1ccncc1)C(=O)NCc1cccc(OC)c1. The second kappa shape index (κ2) is 9.00. The fourth-order valence-corrected chi connectivity index (χ4v) is 2.86. The molecule has 23 heavy (non-hydrogen) atoms. The van der Waals surface area contributed by atoms with Crippen molar-refractivity contribution in [2.45, 2.75) is 19.2 Å². The van der Waals surface area contributed by atoms with Gasteiger partial charge in [0.05, 0.1) is 12.0 Å². The highest BCUT2D eigenvalue weighted by atomic mass is 32.2. The molecule has 1 heterocycles. The number of methoxy groups -OCH3 is 1. The fraction of sp³-hybridized carbons (Fsp3) is 0.222. The summed E-state index contributed by atoms with van der Waals surface area (Å²) in [5, 5.41) is 2.94. The molecule has 2 rings (SSSR count). The molecule has 1 amide bonds. The van der Waals surface area contributed by atoms with Gasteiger partial charge in [0.25, 0.3) is 5.91 Å². The molecule has 0 unspecified atom stereocenters. The first kappa shape index (κ1) is 17.1. The molecule has 0 radical (unpaired) electrons. The Labute approximate surface area is 141 Å². The molecule has 120 valence electrons. The highest BCUT2D eigenvalue weighted by Crippen LogP contribution is 2.21. The van der Waals surface area contributed by atoms with Gasteiger partial charge in [-0.3, -0.25) is 9.78 Å². The van der Waals surface area contributed by atoms with Crippen molar-refractivity contribution in [1.29, 1.82) is 0 Å². The molecule has 0 spiro atoms. The molecule has 2 aromatic rings. The third-order valence-electron chi connectivity index (χ3n) is 3.22. The van der Waals surface area contributed by atoms with E-state index in [0.717, 1.165) is 22.6 Å². The van der Waals surface area contributed by atoms with Crippen LogP contribution in [-0.2, 0) is 17.1 Å². The molecule has 0 aliphatic rings. The maximum atomic E-state index is 12.3. The van der Waals surface area contributed by atoms with Gasteiger partial charge in [-0.1, -0.05) is 18.2 Å². The van der Waals surface area contributed by atoms with Crippen molar-refractivity contribution in [3.8, 4) is 5.75 Å². The maximum Gasteiger partial charge on any atom is 0.257 e. The lowest BCUT2D eigenvalue weighted by Crippen LogP contribution is -2.23. The number of nitrogens with one attached hydrogen (secondary N) is 1. The highest BCUT2D eigenvalue weighted by molar-refractivity contribution is 8.03. The van der Waals surface area contributed by atoms with E-state index < -0.39 is 0 Å². The maximum absolute atomic E-state index is 12.3. The minimum atomic E-state index is -0.0608. The van der Waals surface area contributed by atoms with Crippen LogP contribution in [0.3, 0.4) is 0 Å². The van der Waals surface area contributed by atoms with Crippen molar-refractivity contribution >= 4 is 17.7 Å². The molecule has 1 aromatic heterocycles. The lowest BCUT2D eigenvalue weighted by Gasteiger charge is -2.09. The summed E-state index contributed by atoms with van der Waals surface area (Å²) in [5.41, 5.74) is 2.15. The zero-order chi connectivity index (χ0) is 16.5. The van der Waals surface area contributed by atoms with Crippen LogP contribution < -0.4 is 10.1 Å². The number of hydrogen-bond acceptors (Lipinski definition) is 4. The van der Waals surface area contributed by atoms with E-state index in [1.54, 1.807) is 19.5 Å². The van der Waals surface area contributed by atoms with Crippen LogP contribution in [0.25, 0.3) is 0 Å². The quantitative estimate of drug-likeness (QED) is 0.790. The Morgan fingerprint density at radius 2 is 2.04 bits per heavy atom. The summed E-state index contributed by atoms with van der Waals surface area (Å²) in [6.45, 7) is 2.35. The predicted octanol–water partition coefficient (Wildman–Crippen LogP) is 3.54. The summed E-state index contributed by atoms with van der Waals surface area (Å²) in [7, 11) is 1.63. The monoisotopic (exact) mass is 328 g/mol. The minimum Gasteiger partial charge on any atom is -0.497 e. The molecule has 0 fully saturated rings. The third kappa shape index (κ3) is 5.45. The van der Waals surface area contributed by atoms with Crippen LogP contribution in [0.1, 0.15) is 18.1 Å². The molecule has 0 saturated heterocycles. The highest BCUT2D eigenvalue weighted by Gasteiger charge is 2.09. The van der Waals surface area contributed by atoms with E-state index in [2.05, 4.69) is 10.3 Å². The Kier molecular flexibility index (Phi) is 6.69. The number of hydrogen-bond donors (Lipinski definition) is 1. The number of carbonyl (C=O) groups excluding carboxylic acids is 1. The molecule has 1 N–H and O–H groups in total. The molecule has 0 aliphatic carbocycles. The summed E-state index contributed by atoms with van der Waals surface area (Å²) in [6, 6.07) is 11.6. The van der Waals surface area contributed by atoms with Gasteiger partial charge in [-0.15, -0.1) is 11.8 Å². The number of allylic oxidation sites excluding steroid dienone is 1. The predicted molar refractivity (Wildman–Crippen MR) is 94.1 cm³/mol. The minimum absolute atomic E-state index is 0.0608. The first-order valence-electron chi connectivity index (χ1n) is 7.32. The topological polar surface area (TPSA) is 51.2 Å². The molecule has 5 heteroatoms. The summed E-state index contributed by atoms with van der Waals surface area (Å²) in [5.74, 6) is 1.47. The van der Waals surface area contributed by atoms with E-state index in [-0.39, 0.29) is 5.91 Å². The summed E-state index contributed by atoms with van der Waals surface area (Å²) >= 11 is 1.52. The summed E-state index contributed by atoms with van der Waals surface area (Å²) in [4.78, 5) is 17.0. The van der Waals surface area contributed by atoms with Gasteiger partial charge in [-0.25, -0.2) is 0 Å². The number of pyridine rings is 1. The normalized spacial score (nSPS) is 11.1. The molecule has 0 atom stereocenters. The van der Waals surface area contributed by atoms with Crippen LogP contribution in [-0.4, -0.2) is 18.0 Å². The zero-order valence-electron chi connectivity index (χ0n) is 13.3. The number of nitrogens with zero attached hydrogens (tertiary/aromatic N) is 1. The lowest BCUT2D eigenvalue weighted by atomic mass is 10.2. The summed E-state index contributed by atoms with van der Waals surface area (Å²) in [6.07, 6.45) is 5.36. The van der Waals surface area contributed by atoms with Crippen molar-refractivity contribution in [2.24, 2.45) is 0 Å². The average molecular weight is 328 g/mol. The van der Waals surface area contributed by atoms with E-state index in [1.165, 1.54) is 11.8 Å². The van der Waals surface area contributed by atoms with Crippen LogP contribution in [0.4, 0.5) is 0 Å². The number of amides is 1. The first-order valence-corrected chi connectivity index (χ1v) is 8.30. The molecule has 0 saturated carbocycles. The lowest BCUT2D eigenvalue weighted by molar-refractivity contribution is -0.116. The standard InChI is InChI=1S/C18H20N2O2S/c1-3-17(23-13-14-7-9-19-10-8-14)18(21)20-12-15-5-4-6-16(11-15)22-2/h3-11H,12-13H2,1-2H3,(H,20,21)/b17-3-. The fourth-order valence-electron chi connectivity index (χ4n) is 1.97. The van der Waals surface area contributed by atoms with Crippen molar-refractivity contribution < 1.29 is 9.53 Å². The van der Waals surface area contributed by atoms with Crippen LogP contribution in [0.5, 0.6) is 5.75 Å². The van der Waals surface area contributed by atoms with Gasteiger partial charge in [0, 0.05) is 24.7 Å². The van der Waals surface area contributed by atoms with Crippen LogP contribution in [0.2, 0.25) is 0 Å². The molecule has 4 nitrogen and oxygen atoms in total. The van der Waals surface area contributed by atoms with E-state index in [9.17, 15) is 4.79 Å². The van der Waals surface area contributed by atoms with Crippen molar-refractivity contribution in [3.63, 3.8) is 0 Å². The number of benzene rings is 1. The van der Waals surface area contributed by atoms with Crippen molar-refractivity contribution in [3.05, 3.63) is 70.9 Å². The Morgan fingerprint density at radius 3 is 2.74 bits per heavy atom. The number of aromatic nitrogens is 1. The van der Waals surface area contributed by atoms with Gasteiger partial charge >= 0.3 is 0 Å². The van der Waals surface area contributed by atoms with Gasteiger partial charge in [0.2, 0.25) is 0 Å². The zero-order valence-corrected chi connectivity index (χ0v) is 14.1. The van der Waals surface area contributed by atoms with E-state index >= 15 is 0 Å². The van der Waals surface area contributed by atoms with Gasteiger partial charge in [-0.2, -0.15) is 0 Å². The Bertz CT molecular complexity index is 672. The van der Waals surface area contributed by atoms with Crippen LogP contribution >= 0.6 is 11.8 Å². The van der Waals surface area contributed by atoms with E-state index in [4.69, 9.17) is 4.74 Å². The van der Waals surface area contributed by atoms with Gasteiger partial charge < -0.3 is 10.1 Å². The Balaban J connectivity index is 1.87. The molecular weight excluding hydrogens is 308 g/mol. The number of rotatable bonds is 7. The smallest absolute Gasteiger partial charge is 0.257 e. The molecular formula is C18H20N2O2S. The van der Waals surface area contributed by atoms with Gasteiger partial charge in [-0.05, 0) is 42.3 Å². The Morgan fingerprint density at radius 1 is 1.26 bits per heavy atom. The number of ether oxygens (including phenoxy) is 1. The van der Waals surface area contributed by atoms with Gasteiger partial charge in [0.15, 0.2) is 0 Å². The first-order chi connectivity index (χ1) is 11.2. The molecule has 0 bridgehead atoms. The molecule has 1 aromatic carbocycles. The van der Waals surface area contributed by atoms with Crippen molar-refractivity contribution in [1.82, 2.24) is 10.3 Å². The van der Waals surface area contributed by atoms with Crippen molar-refractivity contribution in [2.75, 3.05) is 7.11 Å². The van der Waals surface area contributed by atoms with Gasteiger partial charge in [0.1, 0.15) is 5.75 Å². The van der Waals surface area contributed by atoms with Crippen LogP contribution in [0.15, 0.2) is 59.8 Å². The summed E-state index contributed by atoms with van der Waals surface area (Å²) < 4.78 is 5.18. The number of carbonyl (C=O) groups is 1. The average Bonchev–Trinajstić information content (AvgIpc) is 2.61. The largest absolute Gasteiger partial charge is 0.497 e. The molecule has 0 aliphatic heterocycles. The Hall–Kier alpha value is -2.27. The third-order valence-corrected chi connectivity index (χ3v) is 4.43. The van der Waals surface area contributed by atoms with E-state index in [1.807, 2.05) is 49.4 Å². The number of thioether (sulfide) groups is 1. The second-order valence-electron chi connectivity index (χ2n) is 4.83. The second-order valence-corrected chi connectivity index (χ2v) is 5.85. The van der Waals surface area contributed by atoms with E-state index in [0.29, 0.717) is 11.4 Å². The van der Waals surface area contributed by atoms with Crippen LogP contribution in [0, 0.1) is 0 Å².